The van der Waals surface area contributed by atoms with E-state index in [0.717, 1.165) is 69.9 Å². The van der Waals surface area contributed by atoms with Crippen LogP contribution < -0.4 is 10.6 Å². The number of nitrogens with one attached hydrogen (secondary N) is 2. The van der Waals surface area contributed by atoms with Gasteiger partial charge < -0.3 is 20.3 Å². The van der Waals surface area contributed by atoms with Crippen molar-refractivity contribution in [1.29, 1.82) is 0 Å². The van der Waals surface area contributed by atoms with Crippen LogP contribution in [0.4, 0.5) is 4.79 Å². The summed E-state index contributed by atoms with van der Waals surface area (Å²) < 4.78 is 5.51. The van der Waals surface area contributed by atoms with E-state index in [1.807, 2.05) is 30.3 Å². The number of benzene rings is 1. The third-order valence-corrected chi connectivity index (χ3v) is 8.10. The van der Waals surface area contributed by atoms with Crippen LogP contribution in [-0.2, 0) is 16.1 Å². The monoisotopic (exact) mass is 484 g/mol. The molecule has 1 aromatic rings. The highest BCUT2D eigenvalue weighted by molar-refractivity contribution is 5.86. The van der Waals surface area contributed by atoms with Gasteiger partial charge in [0.2, 0.25) is 5.91 Å². The minimum Gasteiger partial charge on any atom is -0.445 e. The zero-order chi connectivity index (χ0) is 24.6. The lowest BCUT2D eigenvalue weighted by Gasteiger charge is -2.47. The van der Waals surface area contributed by atoms with E-state index in [1.54, 1.807) is 0 Å². The van der Waals surface area contributed by atoms with Gasteiger partial charge >= 0.3 is 6.09 Å². The number of hydrogen-bond acceptors (Lipinski definition) is 5. The van der Waals surface area contributed by atoms with Gasteiger partial charge in [-0.3, -0.25) is 9.69 Å². The average Bonchev–Trinajstić information content (AvgIpc) is 2.87. The summed E-state index contributed by atoms with van der Waals surface area (Å²) in [7, 11) is 0. The van der Waals surface area contributed by atoms with Crippen LogP contribution in [0.2, 0.25) is 0 Å². The number of piperidine rings is 1. The number of piperazine rings is 1. The lowest BCUT2D eigenvalue weighted by Crippen LogP contribution is -2.64. The molecule has 1 aliphatic carbocycles. The Balaban J connectivity index is 1.38. The maximum absolute atomic E-state index is 14.0. The van der Waals surface area contributed by atoms with Crippen molar-refractivity contribution < 1.29 is 14.3 Å². The first-order chi connectivity index (χ1) is 17.0. The van der Waals surface area contributed by atoms with Crippen LogP contribution in [0.25, 0.3) is 0 Å². The summed E-state index contributed by atoms with van der Waals surface area (Å²) in [4.78, 5) is 31.3. The van der Waals surface area contributed by atoms with Crippen molar-refractivity contribution in [2.24, 2.45) is 11.8 Å². The van der Waals surface area contributed by atoms with E-state index < -0.39 is 12.1 Å². The second-order valence-corrected chi connectivity index (χ2v) is 10.9. The predicted molar refractivity (Wildman–Crippen MR) is 138 cm³/mol. The second-order valence-electron chi connectivity index (χ2n) is 10.9. The molecule has 0 radical (unpaired) electrons. The first-order valence-electron chi connectivity index (χ1n) is 13.7. The van der Waals surface area contributed by atoms with E-state index in [4.69, 9.17) is 4.74 Å². The topological polar surface area (TPSA) is 73.9 Å². The van der Waals surface area contributed by atoms with Crippen molar-refractivity contribution in [1.82, 2.24) is 20.4 Å². The first-order valence-corrected chi connectivity index (χ1v) is 13.7. The molecule has 2 N–H and O–H groups in total. The van der Waals surface area contributed by atoms with E-state index in [1.165, 1.54) is 19.3 Å². The van der Waals surface area contributed by atoms with Gasteiger partial charge in [-0.05, 0) is 70.0 Å². The van der Waals surface area contributed by atoms with Crippen molar-refractivity contribution in [2.45, 2.75) is 83.5 Å². The molecular formula is C28H44N4O3. The van der Waals surface area contributed by atoms with E-state index in [2.05, 4.69) is 34.3 Å². The number of rotatable bonds is 7. The van der Waals surface area contributed by atoms with Gasteiger partial charge in [-0.15, -0.1) is 0 Å². The van der Waals surface area contributed by atoms with Crippen LogP contribution >= 0.6 is 0 Å². The standard InChI is InChI=1S/C28H44N4O3/c1-21-17-31(19-23-13-15-29-16-14-23)18-22(2)32(21)27(33)26(25-11-7-4-8-12-25)30-28(34)35-20-24-9-5-3-6-10-24/h3,5-6,9-10,21-23,25-26,29H,4,7-8,11-20H2,1-2H3,(H,30,34)/t21-,22+,26-/m1/s1. The minimum atomic E-state index is -0.514. The number of carbonyl (C=O) groups is 2. The largest absolute Gasteiger partial charge is 0.445 e. The van der Waals surface area contributed by atoms with Crippen molar-refractivity contribution in [3.8, 4) is 0 Å². The summed E-state index contributed by atoms with van der Waals surface area (Å²) >= 11 is 0. The number of ether oxygens (including phenoxy) is 1. The quantitative estimate of drug-likeness (QED) is 0.616. The third-order valence-electron chi connectivity index (χ3n) is 8.10. The van der Waals surface area contributed by atoms with Crippen molar-refractivity contribution >= 4 is 12.0 Å². The average molecular weight is 485 g/mol. The Morgan fingerprint density at radius 2 is 1.66 bits per heavy atom. The summed E-state index contributed by atoms with van der Waals surface area (Å²) in [5.41, 5.74) is 0.940. The fraction of sp³-hybridized carbons (Fsp3) is 0.714. The number of alkyl carbamates (subject to hydrolysis) is 1. The van der Waals surface area contributed by atoms with E-state index in [9.17, 15) is 9.59 Å². The number of hydrogen-bond donors (Lipinski definition) is 2. The first kappa shape index (κ1) is 26.0. The van der Waals surface area contributed by atoms with E-state index in [0.29, 0.717) is 0 Å². The van der Waals surface area contributed by atoms with E-state index >= 15 is 0 Å². The molecule has 35 heavy (non-hydrogen) atoms. The van der Waals surface area contributed by atoms with Crippen molar-refractivity contribution in [3.05, 3.63) is 35.9 Å². The number of amides is 2. The summed E-state index contributed by atoms with van der Waals surface area (Å²) in [5.74, 6) is 0.983. The van der Waals surface area contributed by atoms with Crippen LogP contribution in [0.5, 0.6) is 0 Å². The Labute approximate surface area is 210 Å². The highest BCUT2D eigenvalue weighted by atomic mass is 16.5. The Hall–Kier alpha value is -2.12. The van der Waals surface area contributed by atoms with Crippen LogP contribution in [0, 0.1) is 11.8 Å². The van der Waals surface area contributed by atoms with Gasteiger partial charge in [0.05, 0.1) is 0 Å². The van der Waals surface area contributed by atoms with Crippen LogP contribution in [0.1, 0.15) is 64.4 Å². The minimum absolute atomic E-state index is 0.0649. The molecule has 0 bridgehead atoms. The van der Waals surface area contributed by atoms with Crippen molar-refractivity contribution in [3.63, 3.8) is 0 Å². The Morgan fingerprint density at radius 3 is 2.31 bits per heavy atom. The Bertz CT molecular complexity index is 796. The second kappa shape index (κ2) is 12.7. The molecule has 194 valence electrons. The molecule has 0 unspecified atom stereocenters. The maximum Gasteiger partial charge on any atom is 0.408 e. The summed E-state index contributed by atoms with van der Waals surface area (Å²) in [6, 6.07) is 9.40. The van der Waals surface area contributed by atoms with Gasteiger partial charge in [-0.25, -0.2) is 4.79 Å². The fourth-order valence-electron chi connectivity index (χ4n) is 6.35. The van der Waals surface area contributed by atoms with E-state index in [-0.39, 0.29) is 30.5 Å². The molecular weight excluding hydrogens is 440 g/mol. The molecule has 2 amide bonds. The molecule has 4 rings (SSSR count). The molecule has 3 fully saturated rings. The molecule has 3 aliphatic rings. The van der Waals surface area contributed by atoms with Gasteiger partial charge in [0, 0.05) is 31.7 Å². The molecule has 1 aromatic carbocycles. The molecule has 7 nitrogen and oxygen atoms in total. The van der Waals surface area contributed by atoms with Crippen LogP contribution in [0.15, 0.2) is 30.3 Å². The molecule has 0 aromatic heterocycles. The fourth-order valence-corrected chi connectivity index (χ4v) is 6.35. The summed E-state index contributed by atoms with van der Waals surface area (Å²) in [6.07, 6.45) is 7.37. The molecule has 7 heteroatoms. The zero-order valence-electron chi connectivity index (χ0n) is 21.6. The smallest absolute Gasteiger partial charge is 0.408 e. The van der Waals surface area contributed by atoms with Crippen LogP contribution in [-0.4, -0.2) is 72.6 Å². The lowest BCUT2D eigenvalue weighted by atomic mass is 9.83. The lowest BCUT2D eigenvalue weighted by molar-refractivity contribution is -0.143. The highest BCUT2D eigenvalue weighted by Crippen LogP contribution is 2.29. The molecule has 3 atom stereocenters. The Morgan fingerprint density at radius 1 is 1.00 bits per heavy atom. The number of nitrogens with zero attached hydrogens (tertiary/aromatic N) is 2. The SMILES string of the molecule is C[C@@H]1CN(CC2CCNCC2)C[C@H](C)N1C(=O)[C@H](NC(=O)OCc1ccccc1)C1CCCCC1. The predicted octanol–water partition coefficient (Wildman–Crippen LogP) is 3.78. The molecule has 2 aliphatic heterocycles. The van der Waals surface area contributed by atoms with Gasteiger partial charge in [0.15, 0.2) is 0 Å². The summed E-state index contributed by atoms with van der Waals surface area (Å²) in [5, 5.41) is 6.45. The van der Waals surface area contributed by atoms with Gasteiger partial charge in [-0.1, -0.05) is 49.6 Å². The number of carbonyl (C=O) groups excluding carboxylic acids is 2. The van der Waals surface area contributed by atoms with Crippen LogP contribution in [0.3, 0.4) is 0 Å². The zero-order valence-corrected chi connectivity index (χ0v) is 21.6. The normalized spacial score (nSPS) is 25.7. The summed E-state index contributed by atoms with van der Waals surface area (Å²) in [6.45, 7) is 9.68. The molecule has 1 saturated carbocycles. The maximum atomic E-state index is 14.0. The van der Waals surface area contributed by atoms with Gasteiger partial charge in [-0.2, -0.15) is 0 Å². The van der Waals surface area contributed by atoms with Gasteiger partial charge in [0.1, 0.15) is 12.6 Å². The Kier molecular flexibility index (Phi) is 9.44. The molecule has 2 saturated heterocycles. The molecule has 2 heterocycles. The van der Waals surface area contributed by atoms with Crippen molar-refractivity contribution in [2.75, 3.05) is 32.7 Å². The van der Waals surface area contributed by atoms with Gasteiger partial charge in [0.25, 0.3) is 0 Å². The molecule has 0 spiro atoms. The third kappa shape index (κ3) is 7.20. The highest BCUT2D eigenvalue weighted by Gasteiger charge is 2.40.